The molecule has 0 aromatic carbocycles. The van der Waals surface area contributed by atoms with Crippen LogP contribution >= 0.6 is 0 Å². The summed E-state index contributed by atoms with van der Waals surface area (Å²) in [6.07, 6.45) is 7.29. The van der Waals surface area contributed by atoms with Gasteiger partial charge in [-0.15, -0.1) is 0 Å². The highest BCUT2D eigenvalue weighted by molar-refractivity contribution is 5.17. The molecular weight excluding hydrogens is 143 g/mol. The predicted octanol–water partition coefficient (Wildman–Crippen LogP) is 1.03. The van der Waals surface area contributed by atoms with E-state index in [4.69, 9.17) is 0 Å². The van der Waals surface area contributed by atoms with Crippen molar-refractivity contribution >= 4 is 0 Å². The van der Waals surface area contributed by atoms with Crippen molar-refractivity contribution in [1.82, 2.24) is 10.6 Å². The van der Waals surface area contributed by atoms with Crippen LogP contribution in [0.1, 0.15) is 12.8 Å². The number of hydrogen-bond donors (Lipinski definition) is 2. The van der Waals surface area contributed by atoms with Gasteiger partial charge in [-0.25, -0.2) is 4.39 Å². The second-order valence-electron chi connectivity index (χ2n) is 2.97. The Morgan fingerprint density at radius 3 is 2.91 bits per heavy atom. The summed E-state index contributed by atoms with van der Waals surface area (Å²) in [5.74, 6) is -0.209. The molecule has 2 aliphatic rings. The third-order valence-electron chi connectivity index (χ3n) is 1.84. The normalized spacial score (nSPS) is 29.5. The summed E-state index contributed by atoms with van der Waals surface area (Å²) in [6.45, 7) is 0. The number of nitrogens with one attached hydrogen (secondary N) is 2. The van der Waals surface area contributed by atoms with Gasteiger partial charge in [-0.05, 0) is 25.0 Å². The van der Waals surface area contributed by atoms with Crippen molar-refractivity contribution in [2.45, 2.75) is 25.0 Å². The van der Waals surface area contributed by atoms with Gasteiger partial charge in [0.15, 0.2) is 0 Å². The second kappa shape index (κ2) is 2.66. The minimum atomic E-state index is -0.209. The van der Waals surface area contributed by atoms with E-state index in [1.54, 1.807) is 6.08 Å². The van der Waals surface area contributed by atoms with E-state index in [2.05, 4.69) is 10.6 Å². The van der Waals surface area contributed by atoms with E-state index >= 15 is 0 Å². The Kier molecular flexibility index (Phi) is 1.66. The number of halogens is 1. The number of allylic oxidation sites excluding steroid dienone is 2. The van der Waals surface area contributed by atoms with Gasteiger partial charge >= 0.3 is 0 Å². The number of dihydropyridines is 1. The minimum absolute atomic E-state index is 0.127. The number of hydrogen-bond acceptors (Lipinski definition) is 2. The fraction of sp³-hybridized carbons (Fsp3) is 0.500. The topological polar surface area (TPSA) is 24.1 Å². The van der Waals surface area contributed by atoms with E-state index in [1.807, 2.05) is 0 Å². The van der Waals surface area contributed by atoms with Gasteiger partial charge in [0.05, 0.1) is 6.17 Å². The second-order valence-corrected chi connectivity index (χ2v) is 2.97. The van der Waals surface area contributed by atoms with Crippen molar-refractivity contribution in [2.75, 3.05) is 0 Å². The molecule has 0 radical (unpaired) electrons. The summed E-state index contributed by atoms with van der Waals surface area (Å²) < 4.78 is 12.4. The highest BCUT2D eigenvalue weighted by atomic mass is 19.1. The van der Waals surface area contributed by atoms with E-state index < -0.39 is 0 Å². The lowest BCUT2D eigenvalue weighted by molar-refractivity contribution is 0.523. The van der Waals surface area contributed by atoms with E-state index in [9.17, 15) is 4.39 Å². The Bertz CT molecular complexity index is 206. The van der Waals surface area contributed by atoms with Crippen molar-refractivity contribution in [2.24, 2.45) is 0 Å². The molecule has 0 spiro atoms. The van der Waals surface area contributed by atoms with Crippen molar-refractivity contribution < 1.29 is 4.39 Å². The molecule has 2 rings (SSSR count). The molecule has 1 fully saturated rings. The molecule has 0 aromatic rings. The van der Waals surface area contributed by atoms with Crippen LogP contribution in [0.3, 0.4) is 0 Å². The Balaban J connectivity index is 1.84. The maximum absolute atomic E-state index is 12.4. The molecular formula is C8H11FN2. The Morgan fingerprint density at radius 2 is 2.36 bits per heavy atom. The Hall–Kier alpha value is -0.830. The monoisotopic (exact) mass is 154 g/mol. The van der Waals surface area contributed by atoms with Crippen LogP contribution in [0, 0.1) is 0 Å². The lowest BCUT2D eigenvalue weighted by Crippen LogP contribution is -2.40. The first-order valence-electron chi connectivity index (χ1n) is 3.90. The van der Waals surface area contributed by atoms with Gasteiger partial charge in [-0.1, -0.05) is 0 Å². The smallest absolute Gasteiger partial charge is 0.138 e. The first-order chi connectivity index (χ1) is 5.34. The van der Waals surface area contributed by atoms with Crippen LogP contribution in [-0.4, -0.2) is 12.2 Å². The molecule has 11 heavy (non-hydrogen) atoms. The average Bonchev–Trinajstić information content (AvgIpc) is 2.78. The lowest BCUT2D eigenvalue weighted by Gasteiger charge is -2.17. The van der Waals surface area contributed by atoms with Crippen LogP contribution in [0.2, 0.25) is 0 Å². The van der Waals surface area contributed by atoms with Gasteiger partial charge in [0.2, 0.25) is 0 Å². The third-order valence-corrected chi connectivity index (χ3v) is 1.84. The van der Waals surface area contributed by atoms with Gasteiger partial charge in [-0.3, -0.25) is 5.32 Å². The minimum Gasteiger partial charge on any atom is -0.370 e. The van der Waals surface area contributed by atoms with Crippen molar-refractivity contribution in [1.29, 1.82) is 0 Å². The van der Waals surface area contributed by atoms with Crippen molar-refractivity contribution in [3.8, 4) is 0 Å². The van der Waals surface area contributed by atoms with E-state index in [0.29, 0.717) is 6.04 Å². The highest BCUT2D eigenvalue weighted by Crippen LogP contribution is 2.19. The summed E-state index contributed by atoms with van der Waals surface area (Å²) in [4.78, 5) is 0. The SMILES string of the molecule is FC1=CNC(NC2CC2)C=C1. The Morgan fingerprint density at radius 1 is 1.55 bits per heavy atom. The van der Waals surface area contributed by atoms with Crippen LogP contribution in [0.4, 0.5) is 4.39 Å². The molecule has 1 aliphatic carbocycles. The van der Waals surface area contributed by atoms with E-state index in [0.717, 1.165) is 0 Å². The van der Waals surface area contributed by atoms with Crippen LogP contribution in [-0.2, 0) is 0 Å². The zero-order valence-corrected chi connectivity index (χ0v) is 6.18. The van der Waals surface area contributed by atoms with Crippen molar-refractivity contribution in [3.05, 3.63) is 24.2 Å². The molecule has 0 aromatic heterocycles. The molecule has 2 N–H and O–H groups in total. The van der Waals surface area contributed by atoms with Gasteiger partial charge < -0.3 is 5.32 Å². The zero-order valence-electron chi connectivity index (χ0n) is 6.18. The maximum atomic E-state index is 12.4. The molecule has 1 atom stereocenters. The van der Waals surface area contributed by atoms with Crippen LogP contribution in [0.25, 0.3) is 0 Å². The van der Waals surface area contributed by atoms with E-state index in [-0.39, 0.29) is 12.0 Å². The number of rotatable bonds is 2. The van der Waals surface area contributed by atoms with Gasteiger partial charge in [-0.2, -0.15) is 0 Å². The molecule has 0 bridgehead atoms. The fourth-order valence-electron chi connectivity index (χ4n) is 1.07. The van der Waals surface area contributed by atoms with Gasteiger partial charge in [0.1, 0.15) is 5.83 Å². The molecule has 0 saturated heterocycles. The molecule has 60 valence electrons. The standard InChI is InChI=1S/C8H11FN2/c9-6-1-4-8(10-5-6)11-7-2-3-7/h1,4-5,7-8,10-11H,2-3H2. The molecule has 1 aliphatic heterocycles. The first kappa shape index (κ1) is 6.85. The quantitative estimate of drug-likeness (QED) is 0.621. The third kappa shape index (κ3) is 1.80. The van der Waals surface area contributed by atoms with Crippen LogP contribution in [0.5, 0.6) is 0 Å². The molecule has 1 saturated carbocycles. The average molecular weight is 154 g/mol. The van der Waals surface area contributed by atoms with Gasteiger partial charge in [0.25, 0.3) is 0 Å². The highest BCUT2D eigenvalue weighted by Gasteiger charge is 2.23. The predicted molar refractivity (Wildman–Crippen MR) is 41.4 cm³/mol. The lowest BCUT2D eigenvalue weighted by atomic mass is 10.3. The van der Waals surface area contributed by atoms with Gasteiger partial charge in [0, 0.05) is 12.2 Å². The van der Waals surface area contributed by atoms with Crippen molar-refractivity contribution in [3.63, 3.8) is 0 Å². The summed E-state index contributed by atoms with van der Waals surface area (Å²) in [5.41, 5.74) is 0. The maximum Gasteiger partial charge on any atom is 0.138 e. The largest absolute Gasteiger partial charge is 0.370 e. The zero-order chi connectivity index (χ0) is 7.68. The fourth-order valence-corrected chi connectivity index (χ4v) is 1.07. The molecule has 0 amide bonds. The van der Waals surface area contributed by atoms with Crippen LogP contribution in [0.15, 0.2) is 24.2 Å². The molecule has 3 heteroatoms. The molecule has 1 unspecified atom stereocenters. The summed E-state index contributed by atoms with van der Waals surface area (Å²) in [7, 11) is 0. The van der Waals surface area contributed by atoms with E-state index in [1.165, 1.54) is 25.1 Å². The summed E-state index contributed by atoms with van der Waals surface area (Å²) in [5, 5.41) is 6.21. The Labute approximate surface area is 65.2 Å². The first-order valence-corrected chi connectivity index (χ1v) is 3.90. The van der Waals surface area contributed by atoms with Crippen LogP contribution < -0.4 is 10.6 Å². The summed E-state index contributed by atoms with van der Waals surface area (Å²) in [6, 6.07) is 0.645. The summed E-state index contributed by atoms with van der Waals surface area (Å²) >= 11 is 0. The molecule has 2 nitrogen and oxygen atoms in total. The molecule has 1 heterocycles.